The zero-order valence-electron chi connectivity index (χ0n) is 16.2. The summed E-state index contributed by atoms with van der Waals surface area (Å²) in [6.07, 6.45) is 6.84. The molecule has 3 N–H and O–H groups in total. The number of thiazole rings is 1. The van der Waals surface area contributed by atoms with Crippen LogP contribution in [0.5, 0.6) is 0 Å². The zero-order chi connectivity index (χ0) is 19.9. The van der Waals surface area contributed by atoms with E-state index < -0.39 is 11.9 Å². The highest BCUT2D eigenvalue weighted by Crippen LogP contribution is 2.43. The van der Waals surface area contributed by atoms with Crippen LogP contribution in [0.2, 0.25) is 0 Å². The van der Waals surface area contributed by atoms with E-state index in [1.807, 2.05) is 19.2 Å². The van der Waals surface area contributed by atoms with Crippen LogP contribution < -0.4 is 11.1 Å². The molecule has 4 rings (SSSR count). The molecule has 1 saturated heterocycles. The number of hydrogen-bond donors (Lipinski definition) is 2. The van der Waals surface area contributed by atoms with Gasteiger partial charge in [-0.1, -0.05) is 24.7 Å². The van der Waals surface area contributed by atoms with Gasteiger partial charge in [-0.05, 0) is 50.3 Å². The number of aromatic nitrogens is 2. The van der Waals surface area contributed by atoms with Crippen molar-refractivity contribution in [1.29, 1.82) is 0 Å². The summed E-state index contributed by atoms with van der Waals surface area (Å²) in [4.78, 5) is 35.7. The van der Waals surface area contributed by atoms with Gasteiger partial charge in [0.25, 0.3) is 0 Å². The van der Waals surface area contributed by atoms with Gasteiger partial charge in [-0.2, -0.15) is 0 Å². The lowest BCUT2D eigenvalue weighted by Crippen LogP contribution is -2.45. The molecule has 2 fully saturated rings. The number of carbonyl (C=O) groups excluding carboxylic acids is 2. The van der Waals surface area contributed by atoms with Gasteiger partial charge in [0.05, 0.1) is 10.6 Å². The van der Waals surface area contributed by atoms with Gasteiger partial charge in [0.15, 0.2) is 5.13 Å². The van der Waals surface area contributed by atoms with Crippen molar-refractivity contribution < 1.29 is 9.59 Å². The number of likely N-dealkylation sites (tertiary alicyclic amines) is 1. The average molecular weight is 400 g/mol. The van der Waals surface area contributed by atoms with Crippen molar-refractivity contribution in [1.82, 2.24) is 14.9 Å². The Labute approximate surface area is 168 Å². The Bertz CT molecular complexity index is 921. The number of hydrogen-bond acceptors (Lipinski definition) is 5. The Morgan fingerprint density at radius 3 is 2.82 bits per heavy atom. The molecule has 1 saturated carbocycles. The first-order valence-electron chi connectivity index (χ1n) is 9.69. The molecular formula is C20H25N5O2S. The third-order valence-corrected chi connectivity index (χ3v) is 7.07. The van der Waals surface area contributed by atoms with Crippen molar-refractivity contribution >= 4 is 28.4 Å². The van der Waals surface area contributed by atoms with E-state index in [-0.39, 0.29) is 11.4 Å². The summed E-state index contributed by atoms with van der Waals surface area (Å²) in [5.74, 6) is -0.461. The van der Waals surface area contributed by atoms with Crippen LogP contribution in [-0.4, -0.2) is 39.4 Å². The van der Waals surface area contributed by atoms with E-state index in [1.54, 1.807) is 0 Å². The van der Waals surface area contributed by atoms with Crippen molar-refractivity contribution in [2.24, 2.45) is 5.73 Å². The number of anilines is 1. The third kappa shape index (κ3) is 3.37. The molecule has 0 spiro atoms. The number of urea groups is 1. The average Bonchev–Trinajstić information content (AvgIpc) is 3.26. The molecule has 28 heavy (non-hydrogen) atoms. The van der Waals surface area contributed by atoms with Crippen LogP contribution in [0.1, 0.15) is 50.4 Å². The van der Waals surface area contributed by atoms with Crippen LogP contribution >= 0.6 is 11.3 Å². The lowest BCUT2D eigenvalue weighted by Gasteiger charge is -2.37. The number of pyridine rings is 1. The maximum Gasteiger partial charge on any atom is 0.324 e. The molecule has 3 amide bonds. The van der Waals surface area contributed by atoms with Gasteiger partial charge in [-0.15, -0.1) is 0 Å². The molecule has 1 unspecified atom stereocenters. The second-order valence-corrected chi connectivity index (χ2v) is 8.96. The highest BCUT2D eigenvalue weighted by molar-refractivity contribution is 7.19. The number of primary amides is 1. The Kier molecular flexibility index (Phi) is 4.82. The summed E-state index contributed by atoms with van der Waals surface area (Å²) >= 11 is 1.44. The third-order valence-electron chi connectivity index (χ3n) is 5.95. The molecule has 1 atom stereocenters. The molecule has 0 aromatic carbocycles. The number of nitrogens with zero attached hydrogens (tertiary/aromatic N) is 3. The number of rotatable bonds is 4. The first kappa shape index (κ1) is 18.9. The van der Waals surface area contributed by atoms with Crippen molar-refractivity contribution in [2.75, 3.05) is 11.9 Å². The van der Waals surface area contributed by atoms with E-state index in [0.29, 0.717) is 18.1 Å². The van der Waals surface area contributed by atoms with Crippen molar-refractivity contribution in [3.63, 3.8) is 0 Å². The van der Waals surface area contributed by atoms with Gasteiger partial charge in [0, 0.05) is 23.9 Å². The minimum Gasteiger partial charge on any atom is -0.368 e. The molecule has 3 heterocycles. The van der Waals surface area contributed by atoms with E-state index in [2.05, 4.69) is 28.3 Å². The summed E-state index contributed by atoms with van der Waals surface area (Å²) in [7, 11) is 0. The van der Waals surface area contributed by atoms with Gasteiger partial charge < -0.3 is 10.6 Å². The molecule has 2 aromatic rings. The Morgan fingerprint density at radius 1 is 1.36 bits per heavy atom. The van der Waals surface area contributed by atoms with Crippen LogP contribution in [0.15, 0.2) is 18.3 Å². The predicted molar refractivity (Wildman–Crippen MR) is 109 cm³/mol. The largest absolute Gasteiger partial charge is 0.368 e. The zero-order valence-corrected chi connectivity index (χ0v) is 17.0. The number of aryl methyl sites for hydroxylation is 1. The molecule has 0 bridgehead atoms. The molecule has 2 aliphatic rings. The summed E-state index contributed by atoms with van der Waals surface area (Å²) < 4.78 is 0. The molecular weight excluding hydrogens is 374 g/mol. The second kappa shape index (κ2) is 7.16. The highest BCUT2D eigenvalue weighted by atomic mass is 32.1. The van der Waals surface area contributed by atoms with E-state index in [1.165, 1.54) is 35.5 Å². The van der Waals surface area contributed by atoms with E-state index in [9.17, 15) is 9.59 Å². The first-order chi connectivity index (χ1) is 13.4. The smallest absolute Gasteiger partial charge is 0.324 e. The van der Waals surface area contributed by atoms with Crippen LogP contribution in [0.25, 0.3) is 10.4 Å². The number of nitrogens with two attached hydrogens (primary N) is 1. The topological polar surface area (TPSA) is 101 Å². The van der Waals surface area contributed by atoms with Crippen molar-refractivity contribution in [3.8, 4) is 10.4 Å². The fourth-order valence-electron chi connectivity index (χ4n) is 4.05. The van der Waals surface area contributed by atoms with Gasteiger partial charge in [0.1, 0.15) is 6.04 Å². The van der Waals surface area contributed by atoms with Gasteiger partial charge in [-0.25, -0.2) is 9.78 Å². The van der Waals surface area contributed by atoms with Gasteiger partial charge in [-0.3, -0.25) is 15.1 Å². The van der Waals surface area contributed by atoms with Gasteiger partial charge in [0.2, 0.25) is 5.91 Å². The number of nitrogens with one attached hydrogen (secondary N) is 1. The molecule has 7 nitrogen and oxygen atoms in total. The summed E-state index contributed by atoms with van der Waals surface area (Å²) in [5.41, 5.74) is 8.64. The van der Waals surface area contributed by atoms with E-state index in [4.69, 9.17) is 5.73 Å². The minimum atomic E-state index is -0.536. The molecule has 8 heteroatoms. The Hall–Kier alpha value is -2.48. The predicted octanol–water partition coefficient (Wildman–Crippen LogP) is 3.44. The minimum absolute atomic E-state index is 0.172. The SMILES string of the molecule is Cc1nc(NC(=O)N2CCCC2C(N)=O)sc1-c1ccnc(C2(C)CCC2)c1. The molecule has 1 aliphatic heterocycles. The van der Waals surface area contributed by atoms with Gasteiger partial charge >= 0.3 is 6.03 Å². The van der Waals surface area contributed by atoms with Crippen LogP contribution in [-0.2, 0) is 10.2 Å². The lowest BCUT2D eigenvalue weighted by molar-refractivity contribution is -0.121. The highest BCUT2D eigenvalue weighted by Gasteiger charge is 2.35. The maximum atomic E-state index is 12.6. The second-order valence-electron chi connectivity index (χ2n) is 7.96. The Morgan fingerprint density at radius 2 is 2.14 bits per heavy atom. The molecule has 148 valence electrons. The van der Waals surface area contributed by atoms with Crippen LogP contribution in [0.3, 0.4) is 0 Å². The normalized spacial score (nSPS) is 20.6. The molecule has 2 aromatic heterocycles. The van der Waals surface area contributed by atoms with E-state index in [0.717, 1.165) is 28.2 Å². The van der Waals surface area contributed by atoms with Crippen molar-refractivity contribution in [3.05, 3.63) is 29.7 Å². The molecule has 0 radical (unpaired) electrons. The standard InChI is InChI=1S/C20H25N5O2S/c1-12-16(13-6-9-22-15(11-13)20(2)7-4-8-20)28-18(23-12)24-19(27)25-10-3-5-14(25)17(21)26/h6,9,11,14H,3-5,7-8,10H2,1-2H3,(H2,21,26)(H,23,24,27). The summed E-state index contributed by atoms with van der Waals surface area (Å²) in [6, 6.07) is 3.28. The van der Waals surface area contributed by atoms with Crippen LogP contribution in [0.4, 0.5) is 9.93 Å². The van der Waals surface area contributed by atoms with E-state index >= 15 is 0 Å². The monoisotopic (exact) mass is 399 g/mol. The number of carbonyl (C=O) groups is 2. The fraction of sp³-hybridized carbons (Fsp3) is 0.500. The van der Waals surface area contributed by atoms with Crippen LogP contribution in [0, 0.1) is 6.92 Å². The quantitative estimate of drug-likeness (QED) is 0.822. The Balaban J connectivity index is 1.54. The summed E-state index contributed by atoms with van der Waals surface area (Å²) in [5, 5.41) is 3.37. The fourth-order valence-corrected chi connectivity index (χ4v) is 5.00. The lowest BCUT2D eigenvalue weighted by atomic mass is 9.68. The molecule has 1 aliphatic carbocycles. The first-order valence-corrected chi connectivity index (χ1v) is 10.5. The van der Waals surface area contributed by atoms with Crippen molar-refractivity contribution in [2.45, 2.75) is 57.4 Å². The summed E-state index contributed by atoms with van der Waals surface area (Å²) in [6.45, 7) is 4.73. The number of amides is 3. The maximum absolute atomic E-state index is 12.6.